The molecule has 1 saturated carbocycles. The fraction of sp³-hybridized carbons (Fsp3) is 0.815. The topological polar surface area (TPSA) is 77.9 Å². The first-order valence-corrected chi connectivity index (χ1v) is 14.3. The zero-order valence-electron chi connectivity index (χ0n) is 21.4. The molecule has 0 aromatic rings. The molecule has 0 bridgehead atoms. The Morgan fingerprint density at radius 1 is 1.18 bits per heavy atom. The van der Waals surface area contributed by atoms with Crippen LogP contribution in [0.2, 0.25) is 0 Å². The number of hydrogen-bond acceptors (Lipinski definition) is 5. The van der Waals surface area contributed by atoms with Crippen LogP contribution in [0.5, 0.6) is 0 Å². The number of carbonyl (C=O) groups is 3. The fourth-order valence-corrected chi connectivity index (χ4v) is 8.69. The molecule has 2 heterocycles. The predicted molar refractivity (Wildman–Crippen MR) is 135 cm³/mol. The molecule has 0 aromatic carbocycles. The molecule has 2 aliphatic heterocycles. The van der Waals surface area contributed by atoms with Crippen molar-refractivity contribution in [3.63, 3.8) is 0 Å². The van der Waals surface area contributed by atoms with Crippen LogP contribution in [0.3, 0.4) is 0 Å². The molecule has 0 radical (unpaired) electrons. The summed E-state index contributed by atoms with van der Waals surface area (Å²) in [4.78, 5) is 44.7. The van der Waals surface area contributed by atoms with Gasteiger partial charge in [-0.15, -0.1) is 11.8 Å². The normalized spacial score (nSPS) is 39.3. The Bertz CT molecular complexity index is 840. The van der Waals surface area contributed by atoms with Gasteiger partial charge in [0.2, 0.25) is 11.8 Å². The van der Waals surface area contributed by atoms with Gasteiger partial charge in [0.15, 0.2) is 11.5 Å². The van der Waals surface area contributed by atoms with Crippen LogP contribution in [-0.4, -0.2) is 68.4 Å². The minimum Gasteiger partial charge on any atom is -0.369 e. The van der Waals surface area contributed by atoms with E-state index < -0.39 is 22.8 Å². The summed E-state index contributed by atoms with van der Waals surface area (Å²) in [5.41, 5.74) is -1.61. The monoisotopic (exact) mass is 490 g/mol. The minimum atomic E-state index is -1.61. The highest BCUT2D eigenvalue weighted by atomic mass is 32.2. The lowest BCUT2D eigenvalue weighted by Gasteiger charge is -2.42. The van der Waals surface area contributed by atoms with Gasteiger partial charge in [0.1, 0.15) is 5.92 Å². The van der Waals surface area contributed by atoms with Crippen molar-refractivity contribution < 1.29 is 19.5 Å². The molecule has 8 atom stereocenters. The zero-order valence-corrected chi connectivity index (χ0v) is 22.2. The van der Waals surface area contributed by atoms with Crippen LogP contribution in [-0.2, 0) is 14.4 Å². The summed E-state index contributed by atoms with van der Waals surface area (Å²) < 4.78 is 0. The van der Waals surface area contributed by atoms with Crippen LogP contribution in [0.25, 0.3) is 0 Å². The molecule has 2 aliphatic carbocycles. The van der Waals surface area contributed by atoms with Crippen molar-refractivity contribution in [2.24, 2.45) is 35.5 Å². The van der Waals surface area contributed by atoms with Crippen LogP contribution in [0.1, 0.15) is 66.7 Å². The van der Waals surface area contributed by atoms with E-state index in [0.29, 0.717) is 32.0 Å². The largest absolute Gasteiger partial charge is 0.369 e. The number of hydrogen-bond donors (Lipinski definition) is 1. The van der Waals surface area contributed by atoms with Gasteiger partial charge >= 0.3 is 0 Å². The Balaban J connectivity index is 1.70. The molecule has 2 amide bonds. The van der Waals surface area contributed by atoms with Crippen LogP contribution in [0.15, 0.2) is 12.2 Å². The molecule has 0 aromatic heterocycles. The summed E-state index contributed by atoms with van der Waals surface area (Å²) in [6.07, 6.45) is 9.36. The first kappa shape index (κ1) is 25.7. The number of amides is 2. The van der Waals surface area contributed by atoms with Crippen LogP contribution < -0.4 is 0 Å². The number of aliphatic hydroxyl groups is 1. The third kappa shape index (κ3) is 4.04. The Kier molecular flexibility index (Phi) is 7.54. The quantitative estimate of drug-likeness (QED) is 0.435. The number of nitrogens with zero attached hydrogens (tertiary/aromatic N) is 2. The molecule has 7 heteroatoms. The lowest BCUT2D eigenvalue weighted by Crippen LogP contribution is -2.56. The maximum Gasteiger partial charge on any atom is 0.236 e. The van der Waals surface area contributed by atoms with Gasteiger partial charge in [-0.05, 0) is 56.1 Å². The van der Waals surface area contributed by atoms with Crippen molar-refractivity contribution in [1.82, 2.24) is 9.80 Å². The summed E-state index contributed by atoms with van der Waals surface area (Å²) in [6, 6.07) is 0. The third-order valence-electron chi connectivity index (χ3n) is 8.83. The Labute approximate surface area is 208 Å². The maximum atomic E-state index is 14.3. The summed E-state index contributed by atoms with van der Waals surface area (Å²) in [6.45, 7) is 11.5. The number of thioether (sulfide) groups is 1. The van der Waals surface area contributed by atoms with Crippen molar-refractivity contribution in [3.8, 4) is 0 Å². The van der Waals surface area contributed by atoms with Crippen LogP contribution in [0.4, 0.5) is 0 Å². The second-order valence-electron chi connectivity index (χ2n) is 11.0. The van der Waals surface area contributed by atoms with E-state index in [1.54, 1.807) is 4.90 Å². The van der Waals surface area contributed by atoms with Gasteiger partial charge in [0.25, 0.3) is 0 Å². The number of rotatable bonds is 7. The molecular formula is C27H42N2O4S. The van der Waals surface area contributed by atoms with E-state index in [0.717, 1.165) is 19.3 Å². The van der Waals surface area contributed by atoms with Gasteiger partial charge in [-0.2, -0.15) is 0 Å². The molecule has 3 fully saturated rings. The molecule has 0 spiro atoms. The molecule has 4 rings (SSSR count). The van der Waals surface area contributed by atoms with Crippen molar-refractivity contribution in [2.75, 3.05) is 19.6 Å². The van der Waals surface area contributed by atoms with Crippen molar-refractivity contribution in [3.05, 3.63) is 12.2 Å². The van der Waals surface area contributed by atoms with Gasteiger partial charge in [0, 0.05) is 25.6 Å². The van der Waals surface area contributed by atoms with E-state index >= 15 is 0 Å². The number of fused-ring (bicyclic) bond motifs is 2. The standard InChI is InChI=1S/C27H42N2O4S/c1-6-28(7-2)25(31)20-14-15-29-26(32)22(24(27(20,29)33)34-16(3)4)23(30)21-17(5)12-13-18-10-8-9-11-19(18)21/h12-13,16-22,24,33H,6-11,14-15H2,1-5H3. The molecular weight excluding hydrogens is 448 g/mol. The fourth-order valence-electron chi connectivity index (χ4n) is 7.20. The second-order valence-corrected chi connectivity index (χ2v) is 12.7. The molecule has 34 heavy (non-hydrogen) atoms. The Morgan fingerprint density at radius 3 is 2.50 bits per heavy atom. The van der Waals surface area contributed by atoms with E-state index in [-0.39, 0.29) is 40.6 Å². The summed E-state index contributed by atoms with van der Waals surface area (Å²) in [7, 11) is 0. The van der Waals surface area contributed by atoms with Crippen molar-refractivity contribution in [2.45, 2.75) is 82.9 Å². The number of carbonyl (C=O) groups excluding carboxylic acids is 3. The minimum absolute atomic E-state index is 0.00577. The maximum absolute atomic E-state index is 14.3. The second kappa shape index (κ2) is 9.96. The smallest absolute Gasteiger partial charge is 0.236 e. The van der Waals surface area contributed by atoms with Gasteiger partial charge in [-0.3, -0.25) is 14.4 Å². The van der Waals surface area contributed by atoms with E-state index in [1.807, 2.05) is 27.7 Å². The summed E-state index contributed by atoms with van der Waals surface area (Å²) in [5.74, 6) is -1.37. The number of allylic oxidation sites excluding steroid dienone is 2. The van der Waals surface area contributed by atoms with Crippen LogP contribution in [0, 0.1) is 35.5 Å². The van der Waals surface area contributed by atoms with Crippen molar-refractivity contribution in [1.29, 1.82) is 0 Å². The molecule has 6 nitrogen and oxygen atoms in total. The lowest BCUT2D eigenvalue weighted by molar-refractivity contribution is -0.155. The predicted octanol–water partition coefficient (Wildman–Crippen LogP) is 3.73. The van der Waals surface area contributed by atoms with E-state index in [2.05, 4.69) is 19.1 Å². The van der Waals surface area contributed by atoms with Crippen LogP contribution >= 0.6 is 11.8 Å². The SMILES string of the molecule is CCN(CC)C(=O)C1CCN2C(=O)C(C(=O)C3C(C)C=CC4CCCCC43)C(SC(C)C)C12O. The summed E-state index contributed by atoms with van der Waals surface area (Å²) in [5, 5.41) is 11.7. The average Bonchev–Trinajstić information content (AvgIpc) is 3.25. The third-order valence-corrected chi connectivity index (χ3v) is 10.3. The number of Topliss-reactive ketones (excluding diaryl/α,β-unsaturated/α-hetero) is 1. The van der Waals surface area contributed by atoms with Gasteiger partial charge < -0.3 is 14.9 Å². The summed E-state index contributed by atoms with van der Waals surface area (Å²) >= 11 is 1.50. The molecule has 190 valence electrons. The van der Waals surface area contributed by atoms with E-state index in [4.69, 9.17) is 0 Å². The molecule has 4 aliphatic rings. The lowest BCUT2D eigenvalue weighted by atomic mass is 9.62. The van der Waals surface area contributed by atoms with E-state index in [9.17, 15) is 19.5 Å². The molecule has 8 unspecified atom stereocenters. The average molecular weight is 491 g/mol. The van der Waals surface area contributed by atoms with Gasteiger partial charge in [-0.25, -0.2) is 0 Å². The van der Waals surface area contributed by atoms with Crippen molar-refractivity contribution >= 4 is 29.4 Å². The first-order chi connectivity index (χ1) is 16.2. The zero-order chi connectivity index (χ0) is 24.8. The Hall–Kier alpha value is -1.34. The molecule has 2 saturated heterocycles. The van der Waals surface area contributed by atoms with Gasteiger partial charge in [0.05, 0.1) is 11.2 Å². The first-order valence-electron chi connectivity index (χ1n) is 13.4. The highest BCUT2D eigenvalue weighted by molar-refractivity contribution is 8.00. The Morgan fingerprint density at radius 2 is 1.85 bits per heavy atom. The number of ketones is 1. The highest BCUT2D eigenvalue weighted by Gasteiger charge is 2.68. The van der Waals surface area contributed by atoms with E-state index in [1.165, 1.54) is 23.1 Å². The highest BCUT2D eigenvalue weighted by Crippen LogP contribution is 2.53. The van der Waals surface area contributed by atoms with Gasteiger partial charge in [-0.1, -0.05) is 45.8 Å². The molecule has 1 N–H and O–H groups in total.